The molecule has 1 heterocycles. The van der Waals surface area contributed by atoms with Gasteiger partial charge in [-0.1, -0.05) is 0 Å². The second-order valence-corrected chi connectivity index (χ2v) is 5.56. The molecule has 3 N–H and O–H groups in total. The quantitative estimate of drug-likeness (QED) is 0.528. The van der Waals surface area contributed by atoms with Crippen molar-refractivity contribution in [3.8, 4) is 0 Å². The van der Waals surface area contributed by atoms with Crippen LogP contribution in [-0.4, -0.2) is 55.4 Å². The number of anilines is 3. The van der Waals surface area contributed by atoms with E-state index in [1.54, 1.807) is 7.11 Å². The molecule has 0 aromatic carbocycles. The Kier molecular flexibility index (Phi) is 5.13. The second-order valence-electron chi connectivity index (χ2n) is 5.56. The molecule has 2 rings (SSSR count). The van der Waals surface area contributed by atoms with Crippen LogP contribution in [0.25, 0.3) is 0 Å². The van der Waals surface area contributed by atoms with Crippen LogP contribution < -0.4 is 21.1 Å². The van der Waals surface area contributed by atoms with E-state index in [1.807, 2.05) is 19.0 Å². The van der Waals surface area contributed by atoms with Crippen molar-refractivity contribution >= 4 is 17.8 Å². The highest BCUT2D eigenvalue weighted by atomic mass is 16.5. The highest BCUT2D eigenvalue weighted by molar-refractivity contribution is 5.45. The number of nitrogens with zero attached hydrogens (tertiary/aromatic N) is 5. The largest absolute Gasteiger partial charge is 0.383 e. The van der Waals surface area contributed by atoms with Crippen molar-refractivity contribution in [3.63, 3.8) is 0 Å². The normalized spacial score (nSPS) is 15.7. The topological polar surface area (TPSA) is 92.4 Å². The van der Waals surface area contributed by atoms with Gasteiger partial charge >= 0.3 is 0 Å². The average molecular weight is 295 g/mol. The van der Waals surface area contributed by atoms with Crippen molar-refractivity contribution in [2.24, 2.45) is 11.8 Å². The van der Waals surface area contributed by atoms with E-state index < -0.39 is 0 Å². The van der Waals surface area contributed by atoms with Gasteiger partial charge in [0, 0.05) is 33.8 Å². The molecule has 1 aliphatic rings. The fourth-order valence-electron chi connectivity index (χ4n) is 2.26. The monoisotopic (exact) mass is 295 g/mol. The number of hydrogen-bond donors (Lipinski definition) is 2. The van der Waals surface area contributed by atoms with Gasteiger partial charge in [0.2, 0.25) is 17.8 Å². The molecule has 8 heteroatoms. The van der Waals surface area contributed by atoms with E-state index in [4.69, 9.17) is 10.6 Å². The van der Waals surface area contributed by atoms with Gasteiger partial charge in [-0.25, -0.2) is 5.84 Å². The minimum atomic E-state index is 0.370. The molecule has 0 radical (unpaired) electrons. The molecule has 0 saturated heterocycles. The molecule has 1 atom stereocenters. The van der Waals surface area contributed by atoms with Gasteiger partial charge in [-0.2, -0.15) is 15.0 Å². The van der Waals surface area contributed by atoms with Gasteiger partial charge in [0.25, 0.3) is 0 Å². The third-order valence-electron chi connectivity index (χ3n) is 3.73. The second kappa shape index (κ2) is 6.86. The zero-order valence-electron chi connectivity index (χ0n) is 13.2. The molecule has 8 nitrogen and oxygen atoms in total. The van der Waals surface area contributed by atoms with Crippen LogP contribution in [0.5, 0.6) is 0 Å². The number of nitrogens with one attached hydrogen (secondary N) is 1. The molecule has 0 spiro atoms. The van der Waals surface area contributed by atoms with Crippen LogP contribution >= 0.6 is 0 Å². The summed E-state index contributed by atoms with van der Waals surface area (Å²) in [6.07, 6.45) is 2.52. The molecule has 1 aromatic rings. The molecule has 21 heavy (non-hydrogen) atoms. The highest BCUT2D eigenvalue weighted by Gasteiger charge is 2.33. The smallest absolute Gasteiger partial charge is 0.243 e. The molecule has 1 aliphatic carbocycles. The zero-order chi connectivity index (χ0) is 15.4. The van der Waals surface area contributed by atoms with Gasteiger partial charge in [-0.3, -0.25) is 5.43 Å². The van der Waals surface area contributed by atoms with Crippen molar-refractivity contribution in [2.45, 2.75) is 25.8 Å². The summed E-state index contributed by atoms with van der Waals surface area (Å²) >= 11 is 0. The number of hydrazine groups is 1. The standard InChI is InChI=1S/C13H25N7O/c1-9(10-5-6-10)20(7-8-21-4)13-16-11(18-14)15-12(17-13)19(2)3/h9-10H,5-8,14H2,1-4H3,(H,15,16,17,18). The molecular formula is C13H25N7O. The lowest BCUT2D eigenvalue weighted by Crippen LogP contribution is -2.39. The predicted octanol–water partition coefficient (Wildman–Crippen LogP) is 0.475. The van der Waals surface area contributed by atoms with Crippen molar-refractivity contribution < 1.29 is 4.74 Å². The number of nitrogens with two attached hydrogens (primary N) is 1. The van der Waals surface area contributed by atoms with Crippen LogP contribution in [-0.2, 0) is 4.74 Å². The molecular weight excluding hydrogens is 270 g/mol. The maximum Gasteiger partial charge on any atom is 0.243 e. The van der Waals surface area contributed by atoms with Gasteiger partial charge in [-0.15, -0.1) is 0 Å². The van der Waals surface area contributed by atoms with Crippen LogP contribution in [0.1, 0.15) is 19.8 Å². The first-order valence-corrected chi connectivity index (χ1v) is 7.22. The number of nitrogen functional groups attached to an aromatic ring is 1. The summed E-state index contributed by atoms with van der Waals surface area (Å²) in [5.74, 6) is 7.76. The van der Waals surface area contributed by atoms with Crippen molar-refractivity contribution in [1.29, 1.82) is 0 Å². The fraction of sp³-hybridized carbons (Fsp3) is 0.769. The molecule has 0 bridgehead atoms. The maximum absolute atomic E-state index is 5.47. The number of aromatic nitrogens is 3. The summed E-state index contributed by atoms with van der Waals surface area (Å²) in [5, 5.41) is 0. The fourth-order valence-corrected chi connectivity index (χ4v) is 2.26. The van der Waals surface area contributed by atoms with E-state index in [2.05, 4.69) is 32.2 Å². The Hall–Kier alpha value is -1.67. The summed E-state index contributed by atoms with van der Waals surface area (Å²) in [5.41, 5.74) is 2.51. The van der Waals surface area contributed by atoms with E-state index >= 15 is 0 Å². The Bertz CT molecular complexity index is 464. The van der Waals surface area contributed by atoms with Crippen LogP contribution in [0, 0.1) is 5.92 Å². The Labute approximate surface area is 125 Å². The third kappa shape index (κ3) is 3.92. The first kappa shape index (κ1) is 15.7. The van der Waals surface area contributed by atoms with E-state index in [0.29, 0.717) is 36.4 Å². The van der Waals surface area contributed by atoms with Crippen molar-refractivity contribution in [1.82, 2.24) is 15.0 Å². The Morgan fingerprint density at radius 1 is 1.29 bits per heavy atom. The SMILES string of the molecule is COCCN(c1nc(NN)nc(N(C)C)n1)C(C)C1CC1. The lowest BCUT2D eigenvalue weighted by Gasteiger charge is -2.29. The van der Waals surface area contributed by atoms with Crippen molar-refractivity contribution in [2.75, 3.05) is 49.6 Å². The number of ether oxygens (including phenoxy) is 1. The lowest BCUT2D eigenvalue weighted by molar-refractivity contribution is 0.202. The Balaban J connectivity index is 2.30. The highest BCUT2D eigenvalue weighted by Crippen LogP contribution is 2.36. The molecule has 1 saturated carbocycles. The average Bonchev–Trinajstić information content (AvgIpc) is 3.31. The van der Waals surface area contributed by atoms with Crippen LogP contribution in [0.2, 0.25) is 0 Å². The lowest BCUT2D eigenvalue weighted by atomic mass is 10.2. The van der Waals surface area contributed by atoms with Gasteiger partial charge < -0.3 is 14.5 Å². The number of methoxy groups -OCH3 is 1. The molecule has 1 aromatic heterocycles. The summed E-state index contributed by atoms with van der Waals surface area (Å²) in [6, 6.07) is 0.378. The van der Waals surface area contributed by atoms with Gasteiger partial charge in [0.1, 0.15) is 0 Å². The maximum atomic E-state index is 5.47. The Morgan fingerprint density at radius 3 is 2.48 bits per heavy atom. The third-order valence-corrected chi connectivity index (χ3v) is 3.73. The van der Waals surface area contributed by atoms with E-state index in [-0.39, 0.29) is 0 Å². The first-order chi connectivity index (χ1) is 10.1. The van der Waals surface area contributed by atoms with E-state index in [1.165, 1.54) is 12.8 Å². The van der Waals surface area contributed by atoms with E-state index in [0.717, 1.165) is 6.54 Å². The first-order valence-electron chi connectivity index (χ1n) is 7.22. The zero-order valence-corrected chi connectivity index (χ0v) is 13.2. The van der Waals surface area contributed by atoms with Gasteiger partial charge in [0.05, 0.1) is 6.61 Å². The van der Waals surface area contributed by atoms with Crippen molar-refractivity contribution in [3.05, 3.63) is 0 Å². The molecule has 0 amide bonds. The predicted molar refractivity (Wildman–Crippen MR) is 83.4 cm³/mol. The Morgan fingerprint density at radius 2 is 1.95 bits per heavy atom. The van der Waals surface area contributed by atoms with Crippen LogP contribution in [0.4, 0.5) is 17.8 Å². The number of hydrogen-bond acceptors (Lipinski definition) is 8. The van der Waals surface area contributed by atoms with Crippen LogP contribution in [0.3, 0.4) is 0 Å². The molecule has 118 valence electrons. The summed E-state index contributed by atoms with van der Waals surface area (Å²) in [7, 11) is 5.48. The summed E-state index contributed by atoms with van der Waals surface area (Å²) in [6.45, 7) is 3.59. The van der Waals surface area contributed by atoms with Gasteiger partial charge in [0.15, 0.2) is 0 Å². The molecule has 1 fully saturated rings. The minimum Gasteiger partial charge on any atom is -0.383 e. The summed E-state index contributed by atoms with van der Waals surface area (Å²) < 4.78 is 5.21. The van der Waals surface area contributed by atoms with Gasteiger partial charge in [-0.05, 0) is 25.7 Å². The van der Waals surface area contributed by atoms with Crippen LogP contribution in [0.15, 0.2) is 0 Å². The van der Waals surface area contributed by atoms with E-state index in [9.17, 15) is 0 Å². The number of rotatable bonds is 8. The molecule has 0 aliphatic heterocycles. The minimum absolute atomic E-state index is 0.370. The summed E-state index contributed by atoms with van der Waals surface area (Å²) in [4.78, 5) is 17.2. The molecule has 1 unspecified atom stereocenters.